The molecule has 0 bridgehead atoms. The maximum Gasteiger partial charge on any atom is 0.313 e. The lowest BCUT2D eigenvalue weighted by molar-refractivity contribution is -0.136. The van der Waals surface area contributed by atoms with Crippen LogP contribution in [-0.4, -0.2) is 23.5 Å². The molecule has 2 aromatic rings. The predicted molar refractivity (Wildman–Crippen MR) is 86.9 cm³/mol. The van der Waals surface area contributed by atoms with Crippen LogP contribution in [0.2, 0.25) is 5.02 Å². The highest BCUT2D eigenvalue weighted by atomic mass is 35.5. The first-order chi connectivity index (χ1) is 10.8. The van der Waals surface area contributed by atoms with E-state index in [0.29, 0.717) is 4.88 Å². The highest BCUT2D eigenvalue weighted by Gasteiger charge is 2.26. The molecule has 2 rings (SSSR count). The lowest BCUT2D eigenvalue weighted by Crippen LogP contribution is -2.42. The third-order valence-electron chi connectivity index (χ3n) is 3.03. The smallest absolute Gasteiger partial charge is 0.313 e. The molecular weight excluding hydrogens is 343 g/mol. The topological polar surface area (TPSA) is 78.4 Å². The van der Waals surface area contributed by atoms with Crippen LogP contribution in [0.5, 0.6) is 0 Å². The second-order valence-electron chi connectivity index (χ2n) is 5.02. The molecule has 1 aromatic carbocycles. The van der Waals surface area contributed by atoms with Crippen LogP contribution in [0.25, 0.3) is 0 Å². The zero-order valence-electron chi connectivity index (χ0n) is 12.1. The van der Waals surface area contributed by atoms with Gasteiger partial charge in [-0.2, -0.15) is 0 Å². The molecule has 0 saturated carbocycles. The molecule has 8 heteroatoms. The third-order valence-corrected chi connectivity index (χ3v) is 4.44. The second kappa shape index (κ2) is 7.08. The fraction of sp³-hybridized carbons (Fsp3) is 0.200. The quantitative estimate of drug-likeness (QED) is 0.736. The lowest BCUT2D eigenvalue weighted by Gasteiger charge is -2.22. The van der Waals surface area contributed by atoms with E-state index in [4.69, 9.17) is 11.6 Å². The van der Waals surface area contributed by atoms with Crippen LogP contribution in [0.15, 0.2) is 35.7 Å². The highest BCUT2D eigenvalue weighted by Crippen LogP contribution is 2.24. The van der Waals surface area contributed by atoms with Gasteiger partial charge in [-0.3, -0.25) is 9.59 Å². The van der Waals surface area contributed by atoms with Gasteiger partial charge in [0.05, 0.1) is 11.6 Å². The minimum absolute atomic E-state index is 0.121. The fourth-order valence-electron chi connectivity index (χ4n) is 1.77. The number of halogens is 2. The summed E-state index contributed by atoms with van der Waals surface area (Å²) in [7, 11) is 0. The number of amides is 2. The lowest BCUT2D eigenvalue weighted by atomic mass is 10.1. The average molecular weight is 357 g/mol. The summed E-state index contributed by atoms with van der Waals surface area (Å²) in [5, 5.41) is 16.6. The van der Waals surface area contributed by atoms with Gasteiger partial charge in [0, 0.05) is 10.6 Å². The van der Waals surface area contributed by atoms with E-state index in [1.807, 2.05) is 0 Å². The first-order valence-electron chi connectivity index (χ1n) is 6.60. The number of hydrogen-bond donors (Lipinski definition) is 3. The Morgan fingerprint density at radius 1 is 1.35 bits per heavy atom. The predicted octanol–water partition coefficient (Wildman–Crippen LogP) is 2.50. The van der Waals surface area contributed by atoms with E-state index in [2.05, 4.69) is 10.6 Å². The molecule has 2 amide bonds. The monoisotopic (exact) mass is 356 g/mol. The average Bonchev–Trinajstić information content (AvgIpc) is 3.04. The number of anilines is 1. The first kappa shape index (κ1) is 17.4. The van der Waals surface area contributed by atoms with E-state index in [9.17, 15) is 19.1 Å². The third kappa shape index (κ3) is 4.51. The van der Waals surface area contributed by atoms with Crippen molar-refractivity contribution in [2.24, 2.45) is 0 Å². The number of thiophene rings is 1. The summed E-state index contributed by atoms with van der Waals surface area (Å²) in [5.41, 5.74) is -1.08. The second-order valence-corrected chi connectivity index (χ2v) is 6.37. The SMILES string of the molecule is C[C@](O)(CNC(=O)C(=O)Nc1ccc(F)c(Cl)c1)c1cccs1. The molecule has 0 fully saturated rings. The Kier molecular flexibility index (Phi) is 5.35. The number of nitrogens with one attached hydrogen (secondary N) is 2. The Hall–Kier alpha value is -1.96. The van der Waals surface area contributed by atoms with Crippen molar-refractivity contribution in [1.82, 2.24) is 5.32 Å². The number of rotatable bonds is 4. The van der Waals surface area contributed by atoms with E-state index in [-0.39, 0.29) is 17.3 Å². The fourth-order valence-corrected chi connectivity index (χ4v) is 2.73. The van der Waals surface area contributed by atoms with Crippen molar-refractivity contribution in [1.29, 1.82) is 0 Å². The molecule has 1 heterocycles. The Balaban J connectivity index is 1.92. The molecule has 3 N–H and O–H groups in total. The Morgan fingerprint density at radius 2 is 2.09 bits per heavy atom. The maximum atomic E-state index is 13.0. The van der Waals surface area contributed by atoms with Gasteiger partial charge in [0.15, 0.2) is 0 Å². The van der Waals surface area contributed by atoms with Crippen LogP contribution < -0.4 is 10.6 Å². The molecule has 0 unspecified atom stereocenters. The molecule has 0 saturated heterocycles. The maximum absolute atomic E-state index is 13.0. The van der Waals surface area contributed by atoms with Crippen molar-refractivity contribution in [2.45, 2.75) is 12.5 Å². The van der Waals surface area contributed by atoms with Crippen LogP contribution in [0.4, 0.5) is 10.1 Å². The highest BCUT2D eigenvalue weighted by molar-refractivity contribution is 7.10. The Bertz CT molecular complexity index is 720. The summed E-state index contributed by atoms with van der Waals surface area (Å²) in [6, 6.07) is 7.08. The molecule has 122 valence electrons. The van der Waals surface area contributed by atoms with E-state index in [1.165, 1.54) is 30.4 Å². The molecule has 23 heavy (non-hydrogen) atoms. The largest absolute Gasteiger partial charge is 0.383 e. The molecule has 0 aliphatic rings. The number of hydrogen-bond acceptors (Lipinski definition) is 4. The molecular formula is C15H14ClFN2O3S. The van der Waals surface area contributed by atoms with Crippen molar-refractivity contribution < 1.29 is 19.1 Å². The molecule has 1 aromatic heterocycles. The molecule has 1 atom stereocenters. The van der Waals surface area contributed by atoms with E-state index in [1.54, 1.807) is 17.5 Å². The van der Waals surface area contributed by atoms with Crippen LogP contribution in [0.1, 0.15) is 11.8 Å². The van der Waals surface area contributed by atoms with Gasteiger partial charge in [-0.15, -0.1) is 11.3 Å². The van der Waals surface area contributed by atoms with Crippen molar-refractivity contribution in [3.05, 3.63) is 51.4 Å². The zero-order chi connectivity index (χ0) is 17.0. The normalized spacial score (nSPS) is 13.2. The van der Waals surface area contributed by atoms with Crippen molar-refractivity contribution in [3.8, 4) is 0 Å². The number of carbonyl (C=O) groups excluding carboxylic acids is 2. The van der Waals surface area contributed by atoms with Crippen LogP contribution in [0.3, 0.4) is 0 Å². The minimum atomic E-state index is -1.27. The summed E-state index contributed by atoms with van der Waals surface area (Å²) in [4.78, 5) is 24.2. The van der Waals surface area contributed by atoms with Gasteiger partial charge in [-0.05, 0) is 36.6 Å². The van der Waals surface area contributed by atoms with Crippen LogP contribution in [0, 0.1) is 5.82 Å². The van der Waals surface area contributed by atoms with Crippen molar-refractivity contribution in [3.63, 3.8) is 0 Å². The van der Waals surface area contributed by atoms with Gasteiger partial charge in [-0.1, -0.05) is 17.7 Å². The summed E-state index contributed by atoms with van der Waals surface area (Å²) >= 11 is 6.94. The van der Waals surface area contributed by atoms with E-state index < -0.39 is 23.2 Å². The summed E-state index contributed by atoms with van der Waals surface area (Å²) < 4.78 is 13.0. The Morgan fingerprint density at radius 3 is 2.70 bits per heavy atom. The molecule has 0 radical (unpaired) electrons. The van der Waals surface area contributed by atoms with Crippen molar-refractivity contribution in [2.75, 3.05) is 11.9 Å². The standard InChI is InChI=1S/C15H14ClFN2O3S/c1-15(22,12-3-2-6-23-12)8-18-13(20)14(21)19-9-4-5-11(17)10(16)7-9/h2-7,22H,8H2,1H3,(H,18,20)(H,19,21)/t15-/m0/s1. The molecule has 0 aliphatic heterocycles. The van der Waals surface area contributed by atoms with E-state index >= 15 is 0 Å². The van der Waals surface area contributed by atoms with Crippen molar-refractivity contribution >= 4 is 40.4 Å². The molecule has 0 spiro atoms. The molecule has 5 nitrogen and oxygen atoms in total. The Labute approximate surface area is 141 Å². The molecule has 0 aliphatic carbocycles. The van der Waals surface area contributed by atoms with Gasteiger partial charge >= 0.3 is 11.8 Å². The van der Waals surface area contributed by atoms with Gasteiger partial charge < -0.3 is 15.7 Å². The summed E-state index contributed by atoms with van der Waals surface area (Å²) in [5.74, 6) is -2.47. The number of benzene rings is 1. The van der Waals surface area contributed by atoms with Crippen LogP contribution >= 0.6 is 22.9 Å². The van der Waals surface area contributed by atoms with Gasteiger partial charge in [-0.25, -0.2) is 4.39 Å². The van der Waals surface area contributed by atoms with Gasteiger partial charge in [0.1, 0.15) is 11.4 Å². The first-order valence-corrected chi connectivity index (χ1v) is 7.86. The number of aliphatic hydroxyl groups is 1. The summed E-state index contributed by atoms with van der Waals surface area (Å²) in [6.07, 6.45) is 0. The number of carbonyl (C=O) groups is 2. The zero-order valence-corrected chi connectivity index (χ0v) is 13.7. The van der Waals surface area contributed by atoms with Crippen LogP contribution in [-0.2, 0) is 15.2 Å². The minimum Gasteiger partial charge on any atom is -0.383 e. The summed E-state index contributed by atoms with van der Waals surface area (Å²) in [6.45, 7) is 1.42. The van der Waals surface area contributed by atoms with Gasteiger partial charge in [0.2, 0.25) is 0 Å². The van der Waals surface area contributed by atoms with E-state index in [0.717, 1.165) is 6.07 Å². The van der Waals surface area contributed by atoms with Gasteiger partial charge in [0.25, 0.3) is 0 Å².